The summed E-state index contributed by atoms with van der Waals surface area (Å²) in [4.78, 5) is 100. The van der Waals surface area contributed by atoms with Crippen molar-refractivity contribution in [3.05, 3.63) is 71.8 Å². The molecule has 4 aliphatic rings. The summed E-state index contributed by atoms with van der Waals surface area (Å²) in [5.74, 6) is -3.61. The SMILES string of the molecule is CC(=O)C[C@@H](Cc1ccccc1)C(=O)NC1CCCCC1C(=O)NC1CCCCC1C(N)=O.CC(=O)C[C@H](Cc1ccccc1)C(=O)NC1CCCCC1C(=O)NC1CCCCC1C(N)=O. The summed E-state index contributed by atoms with van der Waals surface area (Å²) in [7, 11) is 0. The Labute approximate surface area is 390 Å². The smallest absolute Gasteiger partial charge is 0.225 e. The van der Waals surface area contributed by atoms with Gasteiger partial charge in [0, 0.05) is 48.8 Å². The second-order valence-corrected chi connectivity index (χ2v) is 19.4. The maximum absolute atomic E-state index is 13.2. The molecule has 0 aromatic heterocycles. The van der Waals surface area contributed by atoms with Gasteiger partial charge in [0.1, 0.15) is 11.6 Å². The third-order valence-corrected chi connectivity index (χ3v) is 14.2. The van der Waals surface area contributed by atoms with Crippen molar-refractivity contribution < 1.29 is 38.4 Å². The molecule has 0 radical (unpaired) electrons. The molecule has 0 bridgehead atoms. The van der Waals surface area contributed by atoms with E-state index in [4.69, 9.17) is 11.5 Å². The molecule has 4 saturated carbocycles. The van der Waals surface area contributed by atoms with Crippen molar-refractivity contribution in [1.82, 2.24) is 21.3 Å². The lowest BCUT2D eigenvalue weighted by molar-refractivity contribution is -0.134. The van der Waals surface area contributed by atoms with Crippen LogP contribution in [0.25, 0.3) is 0 Å². The molecule has 2 aromatic rings. The van der Waals surface area contributed by atoms with Crippen molar-refractivity contribution in [1.29, 1.82) is 0 Å². The summed E-state index contributed by atoms with van der Waals surface area (Å²) < 4.78 is 0. The lowest BCUT2D eigenvalue weighted by Gasteiger charge is -2.35. The van der Waals surface area contributed by atoms with Crippen LogP contribution >= 0.6 is 0 Å². The Kier molecular flexibility index (Phi) is 20.4. The Balaban J connectivity index is 0.000000247. The molecule has 10 atom stereocenters. The Morgan fingerprint density at radius 2 is 0.727 bits per heavy atom. The summed E-state index contributed by atoms with van der Waals surface area (Å²) in [6.07, 6.45) is 14.6. The summed E-state index contributed by atoms with van der Waals surface area (Å²) in [5, 5.41) is 12.4. The molecule has 360 valence electrons. The van der Waals surface area contributed by atoms with E-state index in [0.717, 1.165) is 88.2 Å². The van der Waals surface area contributed by atoms with Crippen LogP contribution in [0.1, 0.15) is 141 Å². The first kappa shape index (κ1) is 51.6. The Bertz CT molecular complexity index is 1820. The second kappa shape index (κ2) is 26.1. The molecule has 0 spiro atoms. The molecule has 8 unspecified atom stereocenters. The van der Waals surface area contributed by atoms with Crippen LogP contribution < -0.4 is 32.7 Å². The first-order valence-corrected chi connectivity index (χ1v) is 24.6. The molecular weight excluding hydrogens is 837 g/mol. The number of carbonyl (C=O) groups is 8. The molecule has 4 aliphatic carbocycles. The molecule has 0 aliphatic heterocycles. The zero-order chi connectivity index (χ0) is 47.6. The van der Waals surface area contributed by atoms with E-state index in [2.05, 4.69) is 21.3 Å². The zero-order valence-corrected chi connectivity index (χ0v) is 39.1. The van der Waals surface area contributed by atoms with Crippen LogP contribution in [-0.4, -0.2) is 71.2 Å². The van der Waals surface area contributed by atoms with Crippen LogP contribution in [0, 0.1) is 35.5 Å². The van der Waals surface area contributed by atoms with Crippen LogP contribution in [0.4, 0.5) is 0 Å². The van der Waals surface area contributed by atoms with E-state index in [1.54, 1.807) is 0 Å². The fourth-order valence-electron chi connectivity index (χ4n) is 10.7. The van der Waals surface area contributed by atoms with E-state index >= 15 is 0 Å². The fraction of sp³-hybridized carbons (Fsp3) is 0.615. The van der Waals surface area contributed by atoms with Gasteiger partial charge in [0.2, 0.25) is 35.4 Å². The van der Waals surface area contributed by atoms with Gasteiger partial charge in [-0.25, -0.2) is 0 Å². The van der Waals surface area contributed by atoms with E-state index < -0.39 is 11.8 Å². The third kappa shape index (κ3) is 15.9. The van der Waals surface area contributed by atoms with Gasteiger partial charge in [0.05, 0.1) is 23.7 Å². The number of rotatable bonds is 18. The highest BCUT2D eigenvalue weighted by atomic mass is 16.2. The number of Topliss-reactive ketones (excluding diaryl/α,β-unsaturated/α-hetero) is 2. The van der Waals surface area contributed by atoms with E-state index in [-0.39, 0.29) is 108 Å². The van der Waals surface area contributed by atoms with Gasteiger partial charge in [-0.1, -0.05) is 112 Å². The van der Waals surface area contributed by atoms with Crippen LogP contribution in [-0.2, 0) is 51.2 Å². The van der Waals surface area contributed by atoms with Gasteiger partial charge in [-0.3, -0.25) is 28.8 Å². The summed E-state index contributed by atoms with van der Waals surface area (Å²) in [6.45, 7) is 3.00. The molecule has 6 rings (SSSR count). The summed E-state index contributed by atoms with van der Waals surface area (Å²) in [6, 6.07) is 18.3. The molecule has 66 heavy (non-hydrogen) atoms. The Hall–Kier alpha value is -5.40. The van der Waals surface area contributed by atoms with Gasteiger partial charge in [-0.2, -0.15) is 0 Å². The molecule has 6 amide bonds. The number of hydrogen-bond donors (Lipinski definition) is 6. The molecule has 14 heteroatoms. The van der Waals surface area contributed by atoms with E-state index in [1.807, 2.05) is 60.7 Å². The fourth-order valence-corrected chi connectivity index (χ4v) is 10.7. The first-order valence-electron chi connectivity index (χ1n) is 24.6. The van der Waals surface area contributed by atoms with E-state index in [0.29, 0.717) is 38.5 Å². The van der Waals surface area contributed by atoms with Crippen molar-refractivity contribution in [2.75, 3.05) is 0 Å². The average molecular weight is 911 g/mol. The molecule has 0 saturated heterocycles. The Morgan fingerprint density at radius 3 is 1.03 bits per heavy atom. The van der Waals surface area contributed by atoms with Crippen LogP contribution in [0.15, 0.2) is 60.7 Å². The van der Waals surface area contributed by atoms with Gasteiger partial charge in [-0.05, 0) is 89.2 Å². The highest BCUT2D eigenvalue weighted by Crippen LogP contribution is 2.31. The molecular formula is C52H74N6O8. The topological polar surface area (TPSA) is 237 Å². The zero-order valence-electron chi connectivity index (χ0n) is 39.1. The molecule has 14 nitrogen and oxygen atoms in total. The van der Waals surface area contributed by atoms with Crippen molar-refractivity contribution in [3.8, 4) is 0 Å². The maximum Gasteiger partial charge on any atom is 0.225 e. The predicted molar refractivity (Wildman–Crippen MR) is 252 cm³/mol. The number of benzene rings is 2. The molecule has 0 heterocycles. The highest BCUT2D eigenvalue weighted by molar-refractivity contribution is 5.88. The van der Waals surface area contributed by atoms with Gasteiger partial charge < -0.3 is 42.3 Å². The highest BCUT2D eigenvalue weighted by Gasteiger charge is 2.39. The van der Waals surface area contributed by atoms with E-state index in [1.165, 1.54) is 13.8 Å². The monoisotopic (exact) mass is 911 g/mol. The van der Waals surface area contributed by atoms with Gasteiger partial charge in [0.15, 0.2) is 0 Å². The lowest BCUT2D eigenvalue weighted by Crippen LogP contribution is -2.54. The quantitative estimate of drug-likeness (QED) is 0.114. The van der Waals surface area contributed by atoms with E-state index in [9.17, 15) is 38.4 Å². The number of nitrogens with two attached hydrogens (primary N) is 2. The number of carbonyl (C=O) groups excluding carboxylic acids is 8. The summed E-state index contributed by atoms with van der Waals surface area (Å²) >= 11 is 0. The standard InChI is InChI=1S/2C26H37N3O4/c2*1-17(30)15-19(16-18-9-3-2-4-10-18)25(32)28-23-14-8-6-12-21(23)26(33)29-22-13-7-5-11-20(22)24(27)31/h2*2-4,9-10,19-23H,5-8,11-16H2,1H3,(H2,27,31)(H,28,32)(H,29,33)/t2*19-,20?,21?,22?,23?/m10/s1. The molecule has 4 fully saturated rings. The maximum atomic E-state index is 13.2. The van der Waals surface area contributed by atoms with Crippen molar-refractivity contribution >= 4 is 47.0 Å². The number of primary amides is 2. The minimum absolute atomic E-state index is 0.0289. The number of nitrogens with one attached hydrogen (secondary N) is 4. The van der Waals surface area contributed by atoms with Gasteiger partial charge in [-0.15, -0.1) is 0 Å². The van der Waals surface area contributed by atoms with Crippen LogP contribution in [0.5, 0.6) is 0 Å². The van der Waals surface area contributed by atoms with Crippen LogP contribution in [0.3, 0.4) is 0 Å². The number of ketones is 2. The van der Waals surface area contributed by atoms with Crippen LogP contribution in [0.2, 0.25) is 0 Å². The largest absolute Gasteiger partial charge is 0.369 e. The third-order valence-electron chi connectivity index (χ3n) is 14.2. The minimum Gasteiger partial charge on any atom is -0.369 e. The lowest BCUT2D eigenvalue weighted by atomic mass is 9.81. The number of amides is 6. The van der Waals surface area contributed by atoms with Crippen molar-refractivity contribution in [2.24, 2.45) is 47.0 Å². The van der Waals surface area contributed by atoms with Crippen molar-refractivity contribution in [3.63, 3.8) is 0 Å². The van der Waals surface area contributed by atoms with Gasteiger partial charge >= 0.3 is 0 Å². The van der Waals surface area contributed by atoms with Gasteiger partial charge in [0.25, 0.3) is 0 Å². The normalized spacial score (nSPS) is 26.1. The second-order valence-electron chi connectivity index (χ2n) is 19.4. The molecule has 2 aromatic carbocycles. The summed E-state index contributed by atoms with van der Waals surface area (Å²) in [5.41, 5.74) is 13.1. The number of hydrogen-bond acceptors (Lipinski definition) is 8. The molecule has 8 N–H and O–H groups in total. The first-order chi connectivity index (χ1) is 31.7. The predicted octanol–water partition coefficient (Wildman–Crippen LogP) is 5.32. The Morgan fingerprint density at radius 1 is 0.439 bits per heavy atom. The average Bonchev–Trinajstić information content (AvgIpc) is 3.29. The van der Waals surface area contributed by atoms with Crippen molar-refractivity contribution in [2.45, 2.75) is 166 Å². The minimum atomic E-state index is -0.465.